The molecule has 1 aliphatic rings. The summed E-state index contributed by atoms with van der Waals surface area (Å²) < 4.78 is 0. The number of carbonyl (C=O) groups is 2. The van der Waals surface area contributed by atoms with E-state index in [-0.39, 0.29) is 11.8 Å². The summed E-state index contributed by atoms with van der Waals surface area (Å²) in [4.78, 5) is 29.6. The molecule has 0 atom stereocenters. The fourth-order valence-corrected chi connectivity index (χ4v) is 2.47. The van der Waals surface area contributed by atoms with Crippen LogP contribution in [0.25, 0.3) is 0 Å². The second-order valence-electron chi connectivity index (χ2n) is 5.94. The van der Waals surface area contributed by atoms with Gasteiger partial charge >= 0.3 is 0 Å². The first kappa shape index (κ1) is 17.4. The standard InChI is InChI=1S/C21H19N3O2/c1-15(22-2)6-7-16-4-3-5-17(14-16)21(26)23-18-8-10-19(11-9-18)24-13-12-20(24)25/h3-5,8-11,14H,12-13H2,1-2H3,(H,23,26). The van der Waals surface area contributed by atoms with Crippen LogP contribution >= 0.6 is 0 Å². The summed E-state index contributed by atoms with van der Waals surface area (Å²) in [5.41, 5.74) is 3.56. The van der Waals surface area contributed by atoms with Crippen LogP contribution in [0.1, 0.15) is 29.3 Å². The van der Waals surface area contributed by atoms with Gasteiger partial charge in [0, 0.05) is 42.5 Å². The molecule has 2 aromatic carbocycles. The van der Waals surface area contributed by atoms with Crippen LogP contribution in [0, 0.1) is 11.8 Å². The van der Waals surface area contributed by atoms with E-state index in [1.165, 1.54) is 0 Å². The minimum Gasteiger partial charge on any atom is -0.322 e. The third-order valence-electron chi connectivity index (χ3n) is 4.14. The molecule has 1 aliphatic heterocycles. The highest BCUT2D eigenvalue weighted by molar-refractivity contribution is 6.05. The van der Waals surface area contributed by atoms with Gasteiger partial charge in [-0.2, -0.15) is 0 Å². The molecule has 1 heterocycles. The van der Waals surface area contributed by atoms with Crippen molar-refractivity contribution in [3.8, 4) is 11.8 Å². The molecular formula is C21H19N3O2. The Morgan fingerprint density at radius 2 is 1.96 bits per heavy atom. The zero-order valence-electron chi connectivity index (χ0n) is 14.7. The lowest BCUT2D eigenvalue weighted by Gasteiger charge is -2.30. The molecule has 0 saturated carbocycles. The molecule has 26 heavy (non-hydrogen) atoms. The van der Waals surface area contributed by atoms with E-state index in [1.807, 2.05) is 25.1 Å². The van der Waals surface area contributed by atoms with E-state index < -0.39 is 0 Å². The number of benzene rings is 2. The first-order chi connectivity index (χ1) is 12.6. The number of nitrogens with zero attached hydrogens (tertiary/aromatic N) is 2. The number of aliphatic imine (C=N–C) groups is 1. The average molecular weight is 345 g/mol. The van der Waals surface area contributed by atoms with Gasteiger partial charge in [0.05, 0.1) is 5.71 Å². The third kappa shape index (κ3) is 3.98. The summed E-state index contributed by atoms with van der Waals surface area (Å²) in [7, 11) is 1.69. The summed E-state index contributed by atoms with van der Waals surface area (Å²) in [5.74, 6) is 5.85. The van der Waals surface area contributed by atoms with Crippen molar-refractivity contribution >= 4 is 28.9 Å². The van der Waals surface area contributed by atoms with Gasteiger partial charge in [-0.1, -0.05) is 12.0 Å². The van der Waals surface area contributed by atoms with Crippen molar-refractivity contribution in [3.05, 3.63) is 59.7 Å². The van der Waals surface area contributed by atoms with Gasteiger partial charge in [-0.15, -0.1) is 0 Å². The number of carbonyl (C=O) groups excluding carboxylic acids is 2. The van der Waals surface area contributed by atoms with Gasteiger partial charge in [0.25, 0.3) is 5.91 Å². The Kier molecular flexibility index (Phi) is 5.14. The Hall–Kier alpha value is -3.39. The lowest BCUT2D eigenvalue weighted by molar-refractivity contribution is -0.122. The molecule has 0 bridgehead atoms. The van der Waals surface area contributed by atoms with Crippen molar-refractivity contribution < 1.29 is 9.59 Å². The topological polar surface area (TPSA) is 61.8 Å². The fraction of sp³-hybridized carbons (Fsp3) is 0.190. The number of β-lactam (4-membered cyclic amide) rings is 1. The second kappa shape index (κ2) is 7.66. The van der Waals surface area contributed by atoms with Gasteiger partial charge in [0.2, 0.25) is 5.91 Å². The highest BCUT2D eigenvalue weighted by Crippen LogP contribution is 2.23. The first-order valence-corrected chi connectivity index (χ1v) is 8.34. The molecule has 2 amide bonds. The molecule has 0 radical (unpaired) electrons. The molecule has 0 aliphatic carbocycles. The Bertz CT molecular complexity index is 934. The highest BCUT2D eigenvalue weighted by atomic mass is 16.2. The Morgan fingerprint density at radius 1 is 1.19 bits per heavy atom. The van der Waals surface area contributed by atoms with Crippen molar-refractivity contribution in [2.75, 3.05) is 23.8 Å². The Labute approximate surface area is 152 Å². The van der Waals surface area contributed by atoms with Crippen LogP contribution in [0.5, 0.6) is 0 Å². The van der Waals surface area contributed by atoms with Gasteiger partial charge in [-0.3, -0.25) is 14.6 Å². The van der Waals surface area contributed by atoms with Crippen LogP contribution in [-0.4, -0.2) is 31.1 Å². The van der Waals surface area contributed by atoms with Gasteiger partial charge in [0.1, 0.15) is 0 Å². The van der Waals surface area contributed by atoms with E-state index >= 15 is 0 Å². The maximum atomic E-state index is 12.5. The fourth-order valence-electron chi connectivity index (χ4n) is 2.47. The summed E-state index contributed by atoms with van der Waals surface area (Å²) in [6.07, 6.45) is 0.599. The van der Waals surface area contributed by atoms with E-state index in [0.717, 1.165) is 23.5 Å². The van der Waals surface area contributed by atoms with Crippen molar-refractivity contribution in [2.45, 2.75) is 13.3 Å². The van der Waals surface area contributed by atoms with Gasteiger partial charge in [-0.25, -0.2) is 0 Å². The normalized spacial score (nSPS) is 13.5. The van der Waals surface area contributed by atoms with Gasteiger partial charge < -0.3 is 10.2 Å². The highest BCUT2D eigenvalue weighted by Gasteiger charge is 2.24. The van der Waals surface area contributed by atoms with Crippen LogP contribution in [0.2, 0.25) is 0 Å². The summed E-state index contributed by atoms with van der Waals surface area (Å²) in [5, 5.41) is 2.86. The first-order valence-electron chi connectivity index (χ1n) is 8.34. The van der Waals surface area contributed by atoms with E-state index in [1.54, 1.807) is 42.3 Å². The van der Waals surface area contributed by atoms with Crippen LogP contribution in [-0.2, 0) is 4.79 Å². The zero-order valence-corrected chi connectivity index (χ0v) is 14.7. The quantitative estimate of drug-likeness (QED) is 0.528. The number of rotatable bonds is 3. The van der Waals surface area contributed by atoms with E-state index in [4.69, 9.17) is 0 Å². The third-order valence-corrected chi connectivity index (χ3v) is 4.14. The summed E-state index contributed by atoms with van der Waals surface area (Å²) in [6, 6.07) is 14.4. The number of hydrogen-bond acceptors (Lipinski definition) is 3. The number of hydrogen-bond donors (Lipinski definition) is 1. The smallest absolute Gasteiger partial charge is 0.255 e. The molecule has 2 aromatic rings. The number of anilines is 2. The van der Waals surface area contributed by atoms with Crippen LogP contribution in [0.3, 0.4) is 0 Å². The monoisotopic (exact) mass is 345 g/mol. The molecule has 1 saturated heterocycles. The van der Waals surface area contributed by atoms with Gasteiger partial charge in [-0.05, 0) is 55.3 Å². The molecule has 1 N–H and O–H groups in total. The van der Waals surface area contributed by atoms with Crippen LogP contribution in [0.15, 0.2) is 53.5 Å². The predicted octanol–water partition coefficient (Wildman–Crippen LogP) is 3.12. The molecule has 5 nitrogen and oxygen atoms in total. The lowest BCUT2D eigenvalue weighted by Crippen LogP contribution is -2.43. The minimum absolute atomic E-state index is 0.128. The molecule has 130 valence electrons. The lowest BCUT2D eigenvalue weighted by atomic mass is 10.1. The molecule has 0 unspecified atom stereocenters. The van der Waals surface area contributed by atoms with Crippen molar-refractivity contribution in [1.82, 2.24) is 0 Å². The summed E-state index contributed by atoms with van der Waals surface area (Å²) >= 11 is 0. The molecule has 0 aromatic heterocycles. The molecule has 1 fully saturated rings. The summed E-state index contributed by atoms with van der Waals surface area (Å²) in [6.45, 7) is 2.58. The van der Waals surface area contributed by atoms with E-state index in [0.29, 0.717) is 17.7 Å². The van der Waals surface area contributed by atoms with Gasteiger partial charge in [0.15, 0.2) is 0 Å². The SMILES string of the molecule is CN=C(C)C#Cc1cccc(C(=O)Nc2ccc(N3CCC3=O)cc2)c1. The minimum atomic E-state index is -0.206. The maximum absolute atomic E-state index is 12.5. The zero-order chi connectivity index (χ0) is 18.5. The molecule has 3 rings (SSSR count). The largest absolute Gasteiger partial charge is 0.322 e. The average Bonchev–Trinajstić information content (AvgIpc) is 2.66. The number of amides is 2. The Balaban J connectivity index is 1.69. The van der Waals surface area contributed by atoms with E-state index in [2.05, 4.69) is 22.2 Å². The van der Waals surface area contributed by atoms with Crippen molar-refractivity contribution in [1.29, 1.82) is 0 Å². The maximum Gasteiger partial charge on any atom is 0.255 e. The van der Waals surface area contributed by atoms with E-state index in [9.17, 15) is 9.59 Å². The van der Waals surface area contributed by atoms with Crippen LogP contribution < -0.4 is 10.2 Å². The van der Waals surface area contributed by atoms with Crippen LogP contribution in [0.4, 0.5) is 11.4 Å². The van der Waals surface area contributed by atoms with Crippen molar-refractivity contribution in [3.63, 3.8) is 0 Å². The Morgan fingerprint density at radius 3 is 2.58 bits per heavy atom. The van der Waals surface area contributed by atoms with Crippen molar-refractivity contribution in [2.24, 2.45) is 4.99 Å². The number of nitrogens with one attached hydrogen (secondary N) is 1. The molecule has 0 spiro atoms. The second-order valence-corrected chi connectivity index (χ2v) is 5.94. The predicted molar refractivity (Wildman–Crippen MR) is 104 cm³/mol. The molecular weight excluding hydrogens is 326 g/mol. The molecule has 5 heteroatoms.